The maximum atomic E-state index is 11.8. The fraction of sp³-hybridized carbons (Fsp3) is 0.571. The summed E-state index contributed by atoms with van der Waals surface area (Å²) in [4.78, 5) is 0.233. The Hall–Kier alpha value is -0.870. The second-order valence-electron chi connectivity index (χ2n) is 4.98. The Balaban J connectivity index is 2.43. The minimum Gasteiger partial charge on any atom is -0.266 e. The Kier molecular flexibility index (Phi) is 5.82. The fourth-order valence-corrected chi connectivity index (χ4v) is 2.54. The highest BCUT2D eigenvalue weighted by Crippen LogP contribution is 2.14. The van der Waals surface area contributed by atoms with Crippen LogP contribution in [0.2, 0.25) is 0 Å². The van der Waals surface area contributed by atoms with Gasteiger partial charge in [0.25, 0.3) is 10.1 Å². The van der Waals surface area contributed by atoms with Crippen molar-refractivity contribution in [3.8, 4) is 0 Å². The summed E-state index contributed by atoms with van der Waals surface area (Å²) in [6.45, 7) is 6.50. The van der Waals surface area contributed by atoms with Crippen LogP contribution < -0.4 is 0 Å². The lowest BCUT2D eigenvalue weighted by Crippen LogP contribution is -2.07. The van der Waals surface area contributed by atoms with E-state index < -0.39 is 10.1 Å². The Morgan fingerprint density at radius 1 is 1.11 bits per heavy atom. The van der Waals surface area contributed by atoms with Gasteiger partial charge in [0.15, 0.2) is 0 Å². The van der Waals surface area contributed by atoms with Gasteiger partial charge in [-0.15, -0.1) is 0 Å². The summed E-state index contributed by atoms with van der Waals surface area (Å²) in [6.07, 6.45) is 2.89. The van der Waals surface area contributed by atoms with E-state index in [2.05, 4.69) is 13.8 Å². The van der Waals surface area contributed by atoms with E-state index in [1.807, 2.05) is 6.92 Å². The third kappa shape index (κ3) is 5.19. The Bertz CT molecular complexity index is 446. The highest BCUT2D eigenvalue weighted by atomic mass is 32.2. The van der Waals surface area contributed by atoms with E-state index in [0.29, 0.717) is 5.92 Å². The Labute approximate surface area is 110 Å². The number of hydrogen-bond acceptors (Lipinski definition) is 3. The molecule has 0 N–H and O–H groups in total. The monoisotopic (exact) mass is 270 g/mol. The summed E-state index contributed by atoms with van der Waals surface area (Å²) in [7, 11) is -3.58. The SMILES string of the molecule is Cc1ccc(S(=O)(=O)OCCCCC(C)C)cc1. The molecule has 0 aromatic heterocycles. The summed E-state index contributed by atoms with van der Waals surface area (Å²) in [5.74, 6) is 0.652. The lowest BCUT2D eigenvalue weighted by atomic mass is 10.1. The van der Waals surface area contributed by atoms with Gasteiger partial charge in [0.05, 0.1) is 11.5 Å². The van der Waals surface area contributed by atoms with Gasteiger partial charge >= 0.3 is 0 Å². The zero-order valence-electron chi connectivity index (χ0n) is 11.3. The zero-order chi connectivity index (χ0) is 13.6. The molecule has 0 heterocycles. The molecule has 102 valence electrons. The molecule has 0 atom stereocenters. The molecule has 0 radical (unpaired) electrons. The van der Waals surface area contributed by atoms with Gasteiger partial charge in [-0.05, 0) is 31.4 Å². The standard InChI is InChI=1S/C14H22O3S/c1-12(2)6-4-5-11-17-18(15,16)14-9-7-13(3)8-10-14/h7-10,12H,4-6,11H2,1-3H3. The van der Waals surface area contributed by atoms with Gasteiger partial charge < -0.3 is 0 Å². The third-order valence-electron chi connectivity index (χ3n) is 2.72. The summed E-state index contributed by atoms with van der Waals surface area (Å²) in [6, 6.07) is 6.71. The lowest BCUT2D eigenvalue weighted by Gasteiger charge is -2.07. The van der Waals surface area contributed by atoms with Crippen molar-refractivity contribution in [2.24, 2.45) is 5.92 Å². The molecule has 1 aromatic rings. The minimum atomic E-state index is -3.58. The molecule has 1 rings (SSSR count). The zero-order valence-corrected chi connectivity index (χ0v) is 12.2. The van der Waals surface area contributed by atoms with E-state index in [4.69, 9.17) is 4.18 Å². The van der Waals surface area contributed by atoms with Gasteiger partial charge in [0.2, 0.25) is 0 Å². The molecule has 0 saturated heterocycles. The molecule has 0 saturated carbocycles. The molecule has 1 aromatic carbocycles. The average Bonchev–Trinajstić information content (AvgIpc) is 2.28. The van der Waals surface area contributed by atoms with E-state index >= 15 is 0 Å². The number of unbranched alkanes of at least 4 members (excludes halogenated alkanes) is 1. The first-order chi connectivity index (χ1) is 8.42. The van der Waals surface area contributed by atoms with Crippen LogP contribution >= 0.6 is 0 Å². The van der Waals surface area contributed by atoms with Gasteiger partial charge in [0.1, 0.15) is 0 Å². The van der Waals surface area contributed by atoms with E-state index in [9.17, 15) is 8.42 Å². The molecular weight excluding hydrogens is 248 g/mol. The second-order valence-corrected chi connectivity index (χ2v) is 6.59. The number of rotatable bonds is 7. The van der Waals surface area contributed by atoms with Gasteiger partial charge in [-0.25, -0.2) is 0 Å². The van der Waals surface area contributed by atoms with E-state index in [1.54, 1.807) is 24.3 Å². The summed E-state index contributed by atoms with van der Waals surface area (Å²) >= 11 is 0. The number of benzene rings is 1. The topological polar surface area (TPSA) is 43.4 Å². The maximum absolute atomic E-state index is 11.8. The first kappa shape index (κ1) is 15.2. The highest BCUT2D eigenvalue weighted by Gasteiger charge is 2.14. The van der Waals surface area contributed by atoms with E-state index in [0.717, 1.165) is 24.8 Å². The van der Waals surface area contributed by atoms with Gasteiger partial charge in [-0.3, -0.25) is 4.18 Å². The molecule has 0 bridgehead atoms. The van der Waals surface area contributed by atoms with Crippen LogP contribution in [0.4, 0.5) is 0 Å². The van der Waals surface area contributed by atoms with E-state index in [-0.39, 0.29) is 11.5 Å². The van der Waals surface area contributed by atoms with Crippen LogP contribution in [0.25, 0.3) is 0 Å². The van der Waals surface area contributed by atoms with Crippen LogP contribution in [0.5, 0.6) is 0 Å². The smallest absolute Gasteiger partial charge is 0.266 e. The van der Waals surface area contributed by atoms with Crippen LogP contribution in [-0.2, 0) is 14.3 Å². The molecule has 0 aliphatic carbocycles. The molecule has 4 heteroatoms. The van der Waals surface area contributed by atoms with E-state index in [1.165, 1.54) is 0 Å². The van der Waals surface area contributed by atoms with Crippen molar-refractivity contribution in [3.63, 3.8) is 0 Å². The predicted molar refractivity (Wildman–Crippen MR) is 73.0 cm³/mol. The van der Waals surface area contributed by atoms with Gasteiger partial charge in [-0.1, -0.05) is 44.4 Å². The van der Waals surface area contributed by atoms with Crippen LogP contribution in [0.15, 0.2) is 29.2 Å². The first-order valence-corrected chi connectivity index (χ1v) is 7.79. The highest BCUT2D eigenvalue weighted by molar-refractivity contribution is 7.86. The molecule has 3 nitrogen and oxygen atoms in total. The maximum Gasteiger partial charge on any atom is 0.296 e. The normalized spacial score (nSPS) is 12.0. The van der Waals surface area contributed by atoms with Crippen molar-refractivity contribution in [1.82, 2.24) is 0 Å². The van der Waals surface area contributed by atoms with Crippen molar-refractivity contribution >= 4 is 10.1 Å². The Morgan fingerprint density at radius 3 is 2.28 bits per heavy atom. The summed E-state index contributed by atoms with van der Waals surface area (Å²) in [5.41, 5.74) is 1.03. The molecule has 0 spiro atoms. The van der Waals surface area contributed by atoms with Crippen LogP contribution in [0.3, 0.4) is 0 Å². The van der Waals surface area contributed by atoms with Crippen LogP contribution in [-0.4, -0.2) is 15.0 Å². The lowest BCUT2D eigenvalue weighted by molar-refractivity contribution is 0.303. The molecule has 0 aliphatic heterocycles. The third-order valence-corrected chi connectivity index (χ3v) is 4.05. The second kappa shape index (κ2) is 6.90. The molecule has 18 heavy (non-hydrogen) atoms. The molecular formula is C14H22O3S. The van der Waals surface area contributed by atoms with Gasteiger partial charge in [0, 0.05) is 0 Å². The average molecular weight is 270 g/mol. The Morgan fingerprint density at radius 2 is 1.72 bits per heavy atom. The van der Waals surface area contributed by atoms with Crippen molar-refractivity contribution < 1.29 is 12.6 Å². The van der Waals surface area contributed by atoms with Crippen molar-refractivity contribution in [1.29, 1.82) is 0 Å². The number of hydrogen-bond donors (Lipinski definition) is 0. The molecule has 0 unspecified atom stereocenters. The van der Waals surface area contributed by atoms with Gasteiger partial charge in [-0.2, -0.15) is 8.42 Å². The van der Waals surface area contributed by atoms with Crippen LogP contribution in [0.1, 0.15) is 38.7 Å². The van der Waals surface area contributed by atoms with Crippen molar-refractivity contribution in [2.45, 2.75) is 44.9 Å². The largest absolute Gasteiger partial charge is 0.296 e. The fourth-order valence-electron chi connectivity index (χ4n) is 1.60. The molecule has 0 aliphatic rings. The quantitative estimate of drug-likeness (QED) is 0.562. The summed E-state index contributed by atoms with van der Waals surface area (Å²) in [5, 5.41) is 0. The minimum absolute atomic E-state index is 0.233. The molecule has 0 amide bonds. The van der Waals surface area contributed by atoms with Crippen molar-refractivity contribution in [3.05, 3.63) is 29.8 Å². The van der Waals surface area contributed by atoms with Crippen LogP contribution in [0, 0.1) is 12.8 Å². The number of aryl methyl sites for hydroxylation is 1. The first-order valence-electron chi connectivity index (χ1n) is 6.38. The molecule has 0 fully saturated rings. The predicted octanol–water partition coefficient (Wildman–Crippen LogP) is 3.53. The van der Waals surface area contributed by atoms with Crippen molar-refractivity contribution in [2.75, 3.05) is 6.61 Å². The summed E-state index contributed by atoms with van der Waals surface area (Å²) < 4.78 is 28.6.